The van der Waals surface area contributed by atoms with Crippen LogP contribution in [0.25, 0.3) is 84.5 Å². The highest BCUT2D eigenvalue weighted by Crippen LogP contribution is 2.64. The zero-order valence-corrected chi connectivity index (χ0v) is 39.6. The molecule has 3 heterocycles. The van der Waals surface area contributed by atoms with Crippen molar-refractivity contribution in [1.29, 1.82) is 0 Å². The Kier molecular flexibility index (Phi) is 8.62. The molecule has 0 radical (unpaired) electrons. The normalized spacial score (nSPS) is 13.3. The molecular formula is C65H39NS3. The third-order valence-corrected chi connectivity index (χ3v) is 18.2. The Bertz CT molecular complexity index is 4210. The molecule has 1 aliphatic carbocycles. The highest BCUT2D eigenvalue weighted by Gasteiger charge is 2.51. The van der Waals surface area contributed by atoms with Gasteiger partial charge in [0.25, 0.3) is 0 Å². The first-order valence-electron chi connectivity index (χ1n) is 23.6. The second kappa shape index (κ2) is 15.1. The lowest BCUT2D eigenvalue weighted by Crippen LogP contribution is -2.32. The van der Waals surface area contributed by atoms with Crippen molar-refractivity contribution in [3.63, 3.8) is 0 Å². The molecule has 2 aliphatic rings. The van der Waals surface area contributed by atoms with Crippen LogP contribution in [-0.2, 0) is 5.41 Å². The van der Waals surface area contributed by atoms with E-state index in [1.54, 1.807) is 0 Å². The molecule has 2 aromatic heterocycles. The fourth-order valence-electron chi connectivity index (χ4n) is 11.9. The van der Waals surface area contributed by atoms with Gasteiger partial charge in [-0.15, -0.1) is 22.7 Å². The van der Waals surface area contributed by atoms with Crippen LogP contribution in [-0.4, -0.2) is 0 Å². The lowest BCUT2D eigenvalue weighted by molar-refractivity contribution is 0.723. The molecule has 0 saturated heterocycles. The molecule has 13 aromatic rings. The van der Waals surface area contributed by atoms with Crippen molar-refractivity contribution in [1.82, 2.24) is 0 Å². The quantitative estimate of drug-likeness (QED) is 0.169. The summed E-state index contributed by atoms with van der Waals surface area (Å²) in [7, 11) is 0. The van der Waals surface area contributed by atoms with Crippen LogP contribution >= 0.6 is 34.4 Å². The van der Waals surface area contributed by atoms with Crippen molar-refractivity contribution in [2.24, 2.45) is 0 Å². The predicted octanol–water partition coefficient (Wildman–Crippen LogP) is 19.2. The average molecular weight is 930 g/mol. The summed E-state index contributed by atoms with van der Waals surface area (Å²) in [5.74, 6) is 0. The lowest BCUT2D eigenvalue weighted by atomic mass is 9.66. The minimum atomic E-state index is -0.588. The number of fused-ring (bicyclic) bond motifs is 16. The minimum absolute atomic E-state index is 0.588. The van der Waals surface area contributed by atoms with E-state index >= 15 is 0 Å². The van der Waals surface area contributed by atoms with Crippen molar-refractivity contribution in [3.8, 4) is 33.4 Å². The molecule has 0 atom stereocenters. The predicted molar refractivity (Wildman–Crippen MR) is 297 cm³/mol. The van der Waals surface area contributed by atoms with Crippen molar-refractivity contribution in [3.05, 3.63) is 259 Å². The fourth-order valence-corrected chi connectivity index (χ4v) is 15.4. The molecular weight excluding hydrogens is 891 g/mol. The van der Waals surface area contributed by atoms with Crippen LogP contribution in [0.2, 0.25) is 0 Å². The Morgan fingerprint density at radius 1 is 0.319 bits per heavy atom. The average Bonchev–Trinajstić information content (AvgIpc) is 4.08. The second-order valence-corrected chi connectivity index (χ2v) is 21.5. The van der Waals surface area contributed by atoms with Crippen molar-refractivity contribution in [2.75, 3.05) is 4.90 Å². The maximum absolute atomic E-state index is 2.59. The molecule has 11 aromatic carbocycles. The summed E-state index contributed by atoms with van der Waals surface area (Å²) < 4.78 is 5.17. The van der Waals surface area contributed by atoms with Gasteiger partial charge >= 0.3 is 0 Å². The number of hydrogen-bond donors (Lipinski definition) is 0. The molecule has 0 amide bonds. The van der Waals surface area contributed by atoms with Crippen LogP contribution < -0.4 is 4.90 Å². The molecule has 0 N–H and O–H groups in total. The van der Waals surface area contributed by atoms with Gasteiger partial charge < -0.3 is 4.90 Å². The molecule has 0 fully saturated rings. The maximum atomic E-state index is 2.59. The van der Waals surface area contributed by atoms with Gasteiger partial charge in [-0.1, -0.05) is 188 Å². The van der Waals surface area contributed by atoms with Crippen molar-refractivity contribution in [2.45, 2.75) is 15.2 Å². The SMILES string of the molecule is c1ccc(-c2ccc(-c3cc(N(c4ccc5sc6ccccc6c5c4)c4cccc5sc6ccccc6c45)cc4c3Sc3ccccc3C43c4ccccc4-c4ccccc43)c3ccccc23)cc1. The first kappa shape index (κ1) is 39.3. The van der Waals surface area contributed by atoms with Crippen molar-refractivity contribution >= 4 is 103 Å². The zero-order chi connectivity index (χ0) is 45.2. The van der Waals surface area contributed by atoms with E-state index in [9.17, 15) is 0 Å². The van der Waals surface area contributed by atoms with Gasteiger partial charge in [0.2, 0.25) is 0 Å². The maximum Gasteiger partial charge on any atom is 0.0736 e. The van der Waals surface area contributed by atoms with E-state index in [1.165, 1.54) is 122 Å². The smallest absolute Gasteiger partial charge is 0.0736 e. The lowest BCUT2D eigenvalue weighted by Gasteiger charge is -2.41. The molecule has 69 heavy (non-hydrogen) atoms. The highest BCUT2D eigenvalue weighted by atomic mass is 32.2. The number of benzene rings is 11. The monoisotopic (exact) mass is 929 g/mol. The Hall–Kier alpha value is -7.73. The van der Waals surface area contributed by atoms with Gasteiger partial charge in [-0.2, -0.15) is 0 Å². The number of rotatable bonds is 5. The summed E-state index contributed by atoms with van der Waals surface area (Å²) in [5.41, 5.74) is 15.6. The minimum Gasteiger partial charge on any atom is -0.310 e. The molecule has 1 aliphatic heterocycles. The third kappa shape index (κ3) is 5.65. The van der Waals surface area contributed by atoms with E-state index in [0.29, 0.717) is 0 Å². The molecule has 1 spiro atoms. The molecule has 0 saturated carbocycles. The van der Waals surface area contributed by atoms with Crippen LogP contribution in [0, 0.1) is 0 Å². The fraction of sp³-hybridized carbons (Fsp3) is 0.0154. The van der Waals surface area contributed by atoms with Gasteiger partial charge in [0.15, 0.2) is 0 Å². The molecule has 4 heteroatoms. The van der Waals surface area contributed by atoms with Gasteiger partial charge in [0, 0.05) is 61.5 Å². The van der Waals surface area contributed by atoms with Crippen LogP contribution in [0.15, 0.2) is 246 Å². The van der Waals surface area contributed by atoms with E-state index in [4.69, 9.17) is 0 Å². The molecule has 1 nitrogen and oxygen atoms in total. The van der Waals surface area contributed by atoms with Crippen LogP contribution in [0.5, 0.6) is 0 Å². The van der Waals surface area contributed by atoms with Gasteiger partial charge in [-0.25, -0.2) is 0 Å². The standard InChI is InChI=1S/C65H39NS3/c1-2-17-40(18-3-1)43-34-35-46(45-20-5-4-19-44(43)45)52-38-42(39-56-64(52)69-61-31-15-12-27-55(61)65(56)53-25-10-6-21-47(53)48-22-7-11-26-54(48)65)66(41-33-36-60-51(37-41)49-23-8-13-29-58(49)67-60)57-28-16-32-62-63(57)50-24-9-14-30-59(50)68-62/h1-39H. The van der Waals surface area contributed by atoms with Crippen LogP contribution in [0.4, 0.5) is 17.1 Å². The van der Waals surface area contributed by atoms with Crippen LogP contribution in [0.3, 0.4) is 0 Å². The molecule has 15 rings (SSSR count). The topological polar surface area (TPSA) is 3.24 Å². The Balaban J connectivity index is 1.11. The molecule has 0 unspecified atom stereocenters. The number of nitrogens with zero attached hydrogens (tertiary/aromatic N) is 1. The number of thiophene rings is 2. The van der Waals surface area contributed by atoms with Gasteiger partial charge in [0.05, 0.1) is 11.1 Å². The van der Waals surface area contributed by atoms with Gasteiger partial charge in [-0.05, 0) is 127 Å². The zero-order valence-electron chi connectivity index (χ0n) is 37.2. The summed E-state index contributed by atoms with van der Waals surface area (Å²) in [6.45, 7) is 0. The summed E-state index contributed by atoms with van der Waals surface area (Å²) in [6, 6.07) is 89.1. The van der Waals surface area contributed by atoms with E-state index in [1.807, 2.05) is 34.4 Å². The van der Waals surface area contributed by atoms with Crippen LogP contribution in [0.1, 0.15) is 22.3 Å². The van der Waals surface area contributed by atoms with E-state index in [2.05, 4.69) is 241 Å². The first-order chi connectivity index (χ1) is 34.2. The van der Waals surface area contributed by atoms with E-state index in [-0.39, 0.29) is 0 Å². The largest absolute Gasteiger partial charge is 0.310 e. The highest BCUT2D eigenvalue weighted by molar-refractivity contribution is 7.99. The number of anilines is 3. The third-order valence-electron chi connectivity index (χ3n) is 14.7. The Morgan fingerprint density at radius 3 is 1.68 bits per heavy atom. The first-order valence-corrected chi connectivity index (χ1v) is 26.0. The van der Waals surface area contributed by atoms with E-state index in [0.717, 1.165) is 11.4 Å². The molecule has 0 bridgehead atoms. The number of hydrogen-bond acceptors (Lipinski definition) is 4. The summed E-state index contributed by atoms with van der Waals surface area (Å²) in [6.07, 6.45) is 0. The van der Waals surface area contributed by atoms with E-state index < -0.39 is 5.41 Å². The Labute approximate surface area is 412 Å². The summed E-state index contributed by atoms with van der Waals surface area (Å²) in [4.78, 5) is 5.17. The molecule has 322 valence electrons. The van der Waals surface area contributed by atoms with Gasteiger partial charge in [0.1, 0.15) is 0 Å². The van der Waals surface area contributed by atoms with Gasteiger partial charge in [-0.3, -0.25) is 0 Å². The second-order valence-electron chi connectivity index (χ2n) is 18.2. The van der Waals surface area contributed by atoms with Crippen molar-refractivity contribution < 1.29 is 0 Å². The Morgan fingerprint density at radius 2 is 0.899 bits per heavy atom. The summed E-state index contributed by atoms with van der Waals surface area (Å²) in [5, 5.41) is 7.61. The summed E-state index contributed by atoms with van der Waals surface area (Å²) >= 11 is 5.68.